The van der Waals surface area contributed by atoms with Crippen LogP contribution >= 0.6 is 0 Å². The first-order valence-electron chi connectivity index (χ1n) is 5.31. The summed E-state index contributed by atoms with van der Waals surface area (Å²) < 4.78 is 0. The average molecular weight is 224 g/mol. The number of rotatable bonds is 9. The van der Waals surface area contributed by atoms with Crippen molar-refractivity contribution in [1.29, 1.82) is 0 Å². The van der Waals surface area contributed by atoms with Gasteiger partial charge in [-0.15, -0.1) is 0 Å². The van der Waals surface area contributed by atoms with Crippen LogP contribution in [0.3, 0.4) is 0 Å². The molecule has 0 aromatic heterocycles. The summed E-state index contributed by atoms with van der Waals surface area (Å²) in [5, 5.41) is 0. The van der Waals surface area contributed by atoms with Crippen molar-refractivity contribution in [3.05, 3.63) is 25.6 Å². The molecule has 0 heterocycles. The molecule has 0 saturated heterocycles. The summed E-state index contributed by atoms with van der Waals surface area (Å²) in [4.78, 5) is 24.3. The molecule has 0 aliphatic heterocycles. The lowest BCUT2D eigenvalue weighted by Crippen LogP contribution is -2.31. The van der Waals surface area contributed by atoms with E-state index < -0.39 is 0 Å². The van der Waals surface area contributed by atoms with Crippen LogP contribution in [0.15, 0.2) is 25.6 Å². The van der Waals surface area contributed by atoms with Gasteiger partial charge in [0, 0.05) is 12.1 Å². The van der Waals surface area contributed by atoms with Gasteiger partial charge in [0.15, 0.2) is 0 Å². The van der Waals surface area contributed by atoms with E-state index in [-0.39, 0.29) is 12.1 Å². The molecular formula is C12H20N2O2. The Balaban J connectivity index is 4.12. The van der Waals surface area contributed by atoms with Crippen LogP contribution in [0, 0.1) is 0 Å². The van der Waals surface area contributed by atoms with E-state index in [4.69, 9.17) is 0 Å². The van der Waals surface area contributed by atoms with E-state index in [2.05, 4.69) is 13.2 Å². The minimum Gasteiger partial charge on any atom is -0.319 e. The van der Waals surface area contributed by atoms with E-state index in [9.17, 15) is 9.59 Å². The minimum atomic E-state index is 0.0933. The third kappa shape index (κ3) is 4.29. The maximum atomic E-state index is 10.6. The van der Waals surface area contributed by atoms with Crippen LogP contribution in [-0.2, 0) is 9.59 Å². The van der Waals surface area contributed by atoms with Crippen LogP contribution in [0.25, 0.3) is 0 Å². The molecule has 0 rings (SSSR count). The second-order valence-electron chi connectivity index (χ2n) is 3.75. The molecule has 0 aromatic carbocycles. The van der Waals surface area contributed by atoms with Crippen molar-refractivity contribution in [3.63, 3.8) is 0 Å². The van der Waals surface area contributed by atoms with E-state index in [0.29, 0.717) is 0 Å². The number of carbonyl (C=O) groups excluding carboxylic acids is 2. The van der Waals surface area contributed by atoms with Gasteiger partial charge in [-0.25, -0.2) is 0 Å². The van der Waals surface area contributed by atoms with E-state index in [0.717, 1.165) is 25.7 Å². The van der Waals surface area contributed by atoms with Gasteiger partial charge in [-0.1, -0.05) is 13.2 Å². The number of amides is 2. The molecule has 16 heavy (non-hydrogen) atoms. The van der Waals surface area contributed by atoms with Crippen LogP contribution < -0.4 is 0 Å². The van der Waals surface area contributed by atoms with Gasteiger partial charge in [0.25, 0.3) is 0 Å². The number of carbonyl (C=O) groups is 2. The predicted octanol–water partition coefficient (Wildman–Crippen LogP) is 1.75. The van der Waals surface area contributed by atoms with Crippen molar-refractivity contribution < 1.29 is 9.59 Å². The largest absolute Gasteiger partial charge is 0.319 e. The predicted molar refractivity (Wildman–Crippen MR) is 64.4 cm³/mol. The van der Waals surface area contributed by atoms with Gasteiger partial charge < -0.3 is 9.80 Å². The van der Waals surface area contributed by atoms with Gasteiger partial charge in [-0.3, -0.25) is 9.59 Å². The summed E-state index contributed by atoms with van der Waals surface area (Å²) >= 11 is 0. The van der Waals surface area contributed by atoms with Crippen molar-refractivity contribution in [2.24, 2.45) is 0 Å². The Labute approximate surface area is 97.2 Å². The SMILES string of the molecule is C=CN(C=O)C(C)CCC(C)N(C=C)C=O. The van der Waals surface area contributed by atoms with E-state index in [1.54, 1.807) is 0 Å². The molecule has 2 atom stereocenters. The maximum Gasteiger partial charge on any atom is 0.213 e. The number of hydrogen-bond acceptors (Lipinski definition) is 2. The Morgan fingerprint density at radius 1 is 0.938 bits per heavy atom. The molecular weight excluding hydrogens is 204 g/mol. The molecule has 2 unspecified atom stereocenters. The molecule has 0 aromatic rings. The normalized spacial score (nSPS) is 13.4. The molecule has 0 radical (unpaired) electrons. The average Bonchev–Trinajstić information content (AvgIpc) is 2.29. The highest BCUT2D eigenvalue weighted by atomic mass is 16.1. The monoisotopic (exact) mass is 224 g/mol. The fraction of sp³-hybridized carbons (Fsp3) is 0.500. The topological polar surface area (TPSA) is 40.6 Å². The van der Waals surface area contributed by atoms with E-state index in [1.165, 1.54) is 22.2 Å². The first kappa shape index (κ1) is 14.4. The third-order valence-electron chi connectivity index (χ3n) is 2.69. The molecule has 0 bridgehead atoms. The lowest BCUT2D eigenvalue weighted by molar-refractivity contribution is -0.119. The van der Waals surface area contributed by atoms with Crippen LogP contribution in [0.2, 0.25) is 0 Å². The first-order chi connectivity index (χ1) is 7.60. The highest BCUT2D eigenvalue weighted by Gasteiger charge is 2.13. The Kier molecular flexibility index (Phi) is 6.92. The molecule has 0 spiro atoms. The van der Waals surface area contributed by atoms with Gasteiger partial charge in [-0.2, -0.15) is 0 Å². The summed E-state index contributed by atoms with van der Waals surface area (Å²) in [6.45, 7) is 11.0. The van der Waals surface area contributed by atoms with Gasteiger partial charge in [0.05, 0.1) is 0 Å². The molecule has 0 N–H and O–H groups in total. The summed E-state index contributed by atoms with van der Waals surface area (Å²) in [7, 11) is 0. The Morgan fingerprint density at radius 2 is 1.25 bits per heavy atom. The Morgan fingerprint density at radius 3 is 1.44 bits per heavy atom. The smallest absolute Gasteiger partial charge is 0.213 e. The summed E-state index contributed by atoms with van der Waals surface area (Å²) in [5.41, 5.74) is 0. The van der Waals surface area contributed by atoms with Gasteiger partial charge in [-0.05, 0) is 39.1 Å². The van der Waals surface area contributed by atoms with Crippen LogP contribution in [0.1, 0.15) is 26.7 Å². The molecule has 4 nitrogen and oxygen atoms in total. The molecule has 0 aliphatic carbocycles. The van der Waals surface area contributed by atoms with Crippen LogP contribution in [0.4, 0.5) is 0 Å². The third-order valence-corrected chi connectivity index (χ3v) is 2.69. The molecule has 90 valence electrons. The van der Waals surface area contributed by atoms with Crippen molar-refractivity contribution in [2.75, 3.05) is 0 Å². The van der Waals surface area contributed by atoms with Crippen molar-refractivity contribution >= 4 is 12.8 Å². The molecule has 0 fully saturated rings. The zero-order valence-electron chi connectivity index (χ0n) is 10.0. The second-order valence-corrected chi connectivity index (χ2v) is 3.75. The summed E-state index contributed by atoms with van der Waals surface area (Å²) in [6.07, 6.45) is 6.15. The van der Waals surface area contributed by atoms with Gasteiger partial charge >= 0.3 is 0 Å². The lowest BCUT2D eigenvalue weighted by atomic mass is 10.1. The zero-order chi connectivity index (χ0) is 12.6. The number of hydrogen-bond donors (Lipinski definition) is 0. The summed E-state index contributed by atoms with van der Waals surface area (Å²) in [6, 6.07) is 0.187. The fourth-order valence-electron chi connectivity index (χ4n) is 1.43. The lowest BCUT2D eigenvalue weighted by Gasteiger charge is -2.25. The number of nitrogens with zero attached hydrogens (tertiary/aromatic N) is 2. The van der Waals surface area contributed by atoms with Crippen molar-refractivity contribution in [1.82, 2.24) is 9.80 Å². The highest BCUT2D eigenvalue weighted by Crippen LogP contribution is 2.10. The zero-order valence-corrected chi connectivity index (χ0v) is 10.0. The Bertz CT molecular complexity index is 211. The standard InChI is InChI=1S/C12H20N2O2/c1-5-13(9-15)11(3)7-8-12(4)14(6-2)10-16/h5-6,9-12H,1-2,7-8H2,3-4H3. The molecule has 4 heteroatoms. The molecule has 2 amide bonds. The fourth-order valence-corrected chi connectivity index (χ4v) is 1.43. The van der Waals surface area contributed by atoms with Crippen molar-refractivity contribution in [2.45, 2.75) is 38.8 Å². The van der Waals surface area contributed by atoms with Crippen molar-refractivity contribution in [3.8, 4) is 0 Å². The molecule has 0 aliphatic rings. The van der Waals surface area contributed by atoms with Crippen LogP contribution in [-0.4, -0.2) is 34.7 Å². The second kappa shape index (κ2) is 7.68. The summed E-state index contributed by atoms with van der Waals surface area (Å²) in [5.74, 6) is 0. The van der Waals surface area contributed by atoms with E-state index >= 15 is 0 Å². The Hall–Kier alpha value is -1.58. The minimum absolute atomic E-state index is 0.0933. The maximum absolute atomic E-state index is 10.6. The van der Waals surface area contributed by atoms with Crippen LogP contribution in [0.5, 0.6) is 0 Å². The highest BCUT2D eigenvalue weighted by molar-refractivity contribution is 5.50. The molecule has 0 saturated carbocycles. The van der Waals surface area contributed by atoms with Gasteiger partial charge in [0.1, 0.15) is 0 Å². The first-order valence-corrected chi connectivity index (χ1v) is 5.31. The quantitative estimate of drug-likeness (QED) is 0.560. The van der Waals surface area contributed by atoms with Gasteiger partial charge in [0.2, 0.25) is 12.8 Å². The van der Waals surface area contributed by atoms with E-state index in [1.807, 2.05) is 13.8 Å².